The highest BCUT2D eigenvalue weighted by atomic mass is 35.5. The van der Waals surface area contributed by atoms with Crippen LogP contribution in [0.25, 0.3) is 21.8 Å². The summed E-state index contributed by atoms with van der Waals surface area (Å²) in [6, 6.07) is 6.07. The number of fused-ring (bicyclic) bond motifs is 2. The lowest BCUT2D eigenvalue weighted by Gasteiger charge is -2.42. The zero-order valence-corrected chi connectivity index (χ0v) is 33.8. The fourth-order valence-corrected chi connectivity index (χ4v) is 9.56. The van der Waals surface area contributed by atoms with Crippen molar-refractivity contribution in [2.45, 2.75) is 94.9 Å². The number of nitrogens with zero attached hydrogens (tertiary/aromatic N) is 6. The van der Waals surface area contributed by atoms with E-state index in [2.05, 4.69) is 30.4 Å². The molecule has 310 valence electrons. The Morgan fingerprint density at radius 1 is 0.759 bits per heavy atom. The molecule has 0 radical (unpaired) electrons. The molecule has 0 amide bonds. The lowest BCUT2D eigenvalue weighted by molar-refractivity contribution is -0.122. The summed E-state index contributed by atoms with van der Waals surface area (Å²) < 4.78 is 8.78. The Hall–Kier alpha value is -3.96. The number of rotatable bonds is 11. The van der Waals surface area contributed by atoms with Crippen molar-refractivity contribution in [2.24, 2.45) is 5.92 Å². The Kier molecular flexibility index (Phi) is 12.5. The molecule has 4 aliphatic rings. The smallest absolute Gasteiger partial charge is 0.261 e. The molecular weight excluding hydrogens is 787 g/mol. The molecule has 0 spiro atoms. The fourth-order valence-electron chi connectivity index (χ4n) is 8.99. The number of halogens is 2. The number of piperidine rings is 3. The van der Waals surface area contributed by atoms with Crippen LogP contribution in [0.4, 0.5) is 11.4 Å². The molecule has 4 aromatic rings. The maximum absolute atomic E-state index is 13.4. The molecule has 15 nitrogen and oxygen atoms in total. The quantitative estimate of drug-likeness (QED) is 0.173. The Bertz CT molecular complexity index is 2300. The van der Waals surface area contributed by atoms with E-state index in [0.29, 0.717) is 76.6 Å². The average molecular weight is 838 g/mol. The first kappa shape index (κ1) is 40.8. The number of hydrogen-bond acceptors (Lipinski definition) is 13. The van der Waals surface area contributed by atoms with Gasteiger partial charge in [0.2, 0.25) is 0 Å². The molecule has 6 heterocycles. The number of carbonyl (C=O) groups is 2. The number of aliphatic hydroxyl groups is 2. The van der Waals surface area contributed by atoms with Crippen molar-refractivity contribution >= 4 is 67.9 Å². The molecule has 4 fully saturated rings. The Morgan fingerprint density at radius 2 is 1.34 bits per heavy atom. The second-order valence-electron chi connectivity index (χ2n) is 16.2. The van der Waals surface area contributed by atoms with Gasteiger partial charge in [-0.3, -0.25) is 28.3 Å². The van der Waals surface area contributed by atoms with Gasteiger partial charge < -0.3 is 35.4 Å². The first-order valence-corrected chi connectivity index (χ1v) is 21.1. The number of ether oxygens (including phenoxy) is 1. The van der Waals surface area contributed by atoms with E-state index in [1.54, 1.807) is 18.2 Å². The van der Waals surface area contributed by atoms with Gasteiger partial charge in [-0.1, -0.05) is 23.2 Å². The highest BCUT2D eigenvalue weighted by Gasteiger charge is 2.37. The van der Waals surface area contributed by atoms with Gasteiger partial charge >= 0.3 is 0 Å². The molecule has 6 unspecified atom stereocenters. The third-order valence-corrected chi connectivity index (χ3v) is 12.8. The molecule has 0 bridgehead atoms. The van der Waals surface area contributed by atoms with Crippen LogP contribution in [0.3, 0.4) is 0 Å². The van der Waals surface area contributed by atoms with E-state index in [9.17, 15) is 29.4 Å². The van der Waals surface area contributed by atoms with Crippen LogP contribution < -0.4 is 31.6 Å². The number of aromatic nitrogens is 4. The molecule has 6 atom stereocenters. The Balaban J connectivity index is 0.866. The minimum Gasteiger partial charge on any atom is -0.391 e. The number of benzene rings is 2. The number of hydrogen-bond donors (Lipinski definition) is 4. The number of aliphatic hydroxyl groups excluding tert-OH is 2. The second-order valence-corrected chi connectivity index (χ2v) is 17.0. The minimum atomic E-state index is -0.813. The molecule has 0 saturated carbocycles. The highest BCUT2D eigenvalue weighted by Crippen LogP contribution is 2.34. The normalized spacial score (nSPS) is 25.7. The van der Waals surface area contributed by atoms with Gasteiger partial charge in [-0.05, 0) is 69.3 Å². The van der Waals surface area contributed by atoms with Crippen molar-refractivity contribution in [1.82, 2.24) is 29.7 Å². The third-order valence-electron chi connectivity index (χ3n) is 12.2. The van der Waals surface area contributed by atoms with Gasteiger partial charge in [0.15, 0.2) is 11.6 Å². The third kappa shape index (κ3) is 8.81. The van der Waals surface area contributed by atoms with E-state index in [-0.39, 0.29) is 66.7 Å². The number of ketones is 2. The average Bonchev–Trinajstić information content (AvgIpc) is 3.22. The van der Waals surface area contributed by atoms with Crippen molar-refractivity contribution in [3.05, 3.63) is 67.7 Å². The van der Waals surface area contributed by atoms with Crippen LogP contribution in [0, 0.1) is 5.92 Å². The first-order valence-electron chi connectivity index (χ1n) is 20.4. The lowest BCUT2D eigenvalue weighted by atomic mass is 9.85. The van der Waals surface area contributed by atoms with E-state index in [0.717, 1.165) is 44.6 Å². The summed E-state index contributed by atoms with van der Waals surface area (Å²) in [5.41, 5.74) is 1.87. The summed E-state index contributed by atoms with van der Waals surface area (Å²) in [4.78, 5) is 66.2. The Morgan fingerprint density at radius 3 is 1.93 bits per heavy atom. The molecular formula is C41H50Cl2N8O7. The van der Waals surface area contributed by atoms with Crippen LogP contribution in [-0.4, -0.2) is 117 Å². The minimum absolute atomic E-state index is 0.0427. The van der Waals surface area contributed by atoms with Crippen LogP contribution >= 0.6 is 23.2 Å². The van der Waals surface area contributed by atoms with Crippen molar-refractivity contribution in [1.29, 1.82) is 0 Å². The maximum Gasteiger partial charge on any atom is 0.261 e. The summed E-state index contributed by atoms with van der Waals surface area (Å²) in [6.07, 6.45) is 6.59. The summed E-state index contributed by atoms with van der Waals surface area (Å²) >= 11 is 13.4. The van der Waals surface area contributed by atoms with Gasteiger partial charge in [-0.25, -0.2) is 9.97 Å². The zero-order chi connectivity index (χ0) is 40.5. The lowest BCUT2D eigenvalue weighted by Crippen LogP contribution is -2.56. The maximum atomic E-state index is 13.4. The van der Waals surface area contributed by atoms with Crippen LogP contribution in [0.1, 0.15) is 51.4 Å². The van der Waals surface area contributed by atoms with Crippen molar-refractivity contribution in [3.63, 3.8) is 0 Å². The van der Waals surface area contributed by atoms with E-state index in [4.69, 9.17) is 27.9 Å². The van der Waals surface area contributed by atoms with E-state index in [1.165, 1.54) is 28.2 Å². The van der Waals surface area contributed by atoms with E-state index >= 15 is 0 Å². The molecule has 17 heteroatoms. The molecule has 4 saturated heterocycles. The molecule has 4 aliphatic heterocycles. The van der Waals surface area contributed by atoms with Crippen LogP contribution in [-0.2, 0) is 27.4 Å². The second kappa shape index (κ2) is 17.7. The zero-order valence-electron chi connectivity index (χ0n) is 32.3. The molecule has 8 rings (SSSR count). The predicted octanol–water partition coefficient (Wildman–Crippen LogP) is 2.68. The van der Waals surface area contributed by atoms with Gasteiger partial charge in [-0.15, -0.1) is 0 Å². The fraction of sp³-hybridized carbons (Fsp3) is 0.561. The number of carbonyl (C=O) groups excluding carboxylic acids is 2. The topological polar surface area (TPSA) is 184 Å². The number of anilines is 2. The van der Waals surface area contributed by atoms with Crippen molar-refractivity contribution < 1.29 is 24.5 Å². The van der Waals surface area contributed by atoms with E-state index in [1.807, 2.05) is 6.07 Å². The van der Waals surface area contributed by atoms with Crippen LogP contribution in [0.2, 0.25) is 10.0 Å². The van der Waals surface area contributed by atoms with Crippen molar-refractivity contribution in [3.8, 4) is 0 Å². The predicted molar refractivity (Wildman–Crippen MR) is 222 cm³/mol. The van der Waals surface area contributed by atoms with E-state index < -0.39 is 18.2 Å². The van der Waals surface area contributed by atoms with Crippen molar-refractivity contribution in [2.75, 3.05) is 55.7 Å². The molecule has 2 aromatic heterocycles. The van der Waals surface area contributed by atoms with Gasteiger partial charge in [0.05, 0.1) is 93.9 Å². The summed E-state index contributed by atoms with van der Waals surface area (Å²) in [7, 11) is 0. The summed E-state index contributed by atoms with van der Waals surface area (Å²) in [6.45, 7) is 4.24. The molecule has 2 aromatic carbocycles. The molecule has 4 N–H and O–H groups in total. The highest BCUT2D eigenvalue weighted by molar-refractivity contribution is 6.34. The van der Waals surface area contributed by atoms with Gasteiger partial charge in [-0.2, -0.15) is 0 Å². The standard InChI is InChI=1S/C41H50Cl2N8O7/c42-29-14-27-31(16-35(29)48-7-2-1-3-8-48)46-22-51(40(27)56)20-26(53)13-34-38(55)11-24(18-45-34)39-21-49(9-10-58-39)36-17-32-28(15-30(36)43)41(57)50(23-47-32)19-25(52)12-33-37(54)5-4-6-44-33/h14-17,22-24,33-34,37-39,44-45,54-55H,1-13,18-21H2. The van der Waals surface area contributed by atoms with Crippen LogP contribution in [0.15, 0.2) is 46.5 Å². The first-order chi connectivity index (χ1) is 28.0. The molecule has 58 heavy (non-hydrogen) atoms. The Labute approximate surface area is 345 Å². The number of morpholine rings is 1. The van der Waals surface area contributed by atoms with Crippen LogP contribution in [0.5, 0.6) is 0 Å². The van der Waals surface area contributed by atoms with Gasteiger partial charge in [0.25, 0.3) is 11.1 Å². The molecule has 0 aliphatic carbocycles. The monoisotopic (exact) mass is 836 g/mol. The largest absolute Gasteiger partial charge is 0.391 e. The summed E-state index contributed by atoms with van der Waals surface area (Å²) in [5, 5.41) is 29.5. The summed E-state index contributed by atoms with van der Waals surface area (Å²) in [5.74, 6) is -0.432. The van der Waals surface area contributed by atoms with Gasteiger partial charge in [0, 0.05) is 63.6 Å². The number of nitrogens with one attached hydrogen (secondary N) is 2. The van der Waals surface area contributed by atoms with Gasteiger partial charge in [0.1, 0.15) is 0 Å². The number of Topliss-reactive ketones (excluding diaryl/α,β-unsaturated/α-hetero) is 2. The SMILES string of the molecule is O=C(CC1NCCCC1O)Cn1cnc2cc(N3CCOC(C4CNC(CC(=O)Cn5cnc6cc(N7CCCCC7)c(Cl)cc6c5=O)C(O)C4)C3)c(Cl)cc2c1=O.